The molecule has 1 aliphatic rings. The van der Waals surface area contributed by atoms with E-state index in [-0.39, 0.29) is 34.5 Å². The van der Waals surface area contributed by atoms with E-state index in [0.717, 1.165) is 5.56 Å². The molecule has 1 aliphatic heterocycles. The first-order valence-electron chi connectivity index (χ1n) is 7.61. The first-order chi connectivity index (χ1) is 10.5. The van der Waals surface area contributed by atoms with Crippen molar-refractivity contribution in [2.24, 2.45) is 5.41 Å². The van der Waals surface area contributed by atoms with Gasteiger partial charge in [0, 0.05) is 5.69 Å². The molecule has 1 aromatic rings. The molecule has 1 unspecified atom stereocenters. The van der Waals surface area contributed by atoms with Gasteiger partial charge in [-0.2, -0.15) is 0 Å². The van der Waals surface area contributed by atoms with E-state index < -0.39 is 18.9 Å². The lowest BCUT2D eigenvalue weighted by Gasteiger charge is -2.32. The number of benzene rings is 1. The van der Waals surface area contributed by atoms with Gasteiger partial charge < -0.3 is 9.74 Å². The van der Waals surface area contributed by atoms with Crippen LogP contribution in [0.5, 0.6) is 0 Å². The minimum Gasteiger partial charge on any atom is -0.413 e. The second-order valence-corrected chi connectivity index (χ2v) is 11.3. The van der Waals surface area contributed by atoms with Gasteiger partial charge in [0.2, 0.25) is 14.9 Å². The van der Waals surface area contributed by atoms with E-state index in [1.165, 1.54) is 0 Å². The predicted octanol–water partition coefficient (Wildman–Crippen LogP) is 2.64. The summed E-state index contributed by atoms with van der Waals surface area (Å²) in [6.07, 6.45) is -0.126. The summed E-state index contributed by atoms with van der Waals surface area (Å²) in [7, 11) is -4.48. The van der Waals surface area contributed by atoms with Gasteiger partial charge in [0.1, 0.15) is 0 Å². The molecule has 7 heteroatoms. The predicted molar refractivity (Wildman–Crippen MR) is 92.6 cm³/mol. The molecule has 1 amide bonds. The average Bonchev–Trinajstić information content (AvgIpc) is 2.75. The molecule has 2 rings (SSSR count). The third-order valence-electron chi connectivity index (χ3n) is 3.78. The monoisotopic (exact) mass is 354 g/mol. The fraction of sp³-hybridized carbons (Fsp3) is 0.562. The third kappa shape index (κ3) is 4.42. The van der Waals surface area contributed by atoms with E-state index in [1.54, 1.807) is 18.2 Å². The largest absolute Gasteiger partial charge is 0.413 e. The molecule has 127 valence electrons. The highest BCUT2D eigenvalue weighted by Crippen LogP contribution is 2.29. The summed E-state index contributed by atoms with van der Waals surface area (Å²) in [6.45, 7) is 9.97. The van der Waals surface area contributed by atoms with Crippen LogP contribution in [0.25, 0.3) is 0 Å². The second kappa shape index (κ2) is 6.37. The van der Waals surface area contributed by atoms with Crippen LogP contribution in [0.15, 0.2) is 23.1 Å². The van der Waals surface area contributed by atoms with Gasteiger partial charge in [-0.1, -0.05) is 20.8 Å². The van der Waals surface area contributed by atoms with E-state index >= 15 is 0 Å². The maximum Gasteiger partial charge on any atom is 0.228 e. The standard InChI is InChI=1S/C16H24NO4SSi/c1-16(2,3)14(21-23(4)5)10-22(19,20)12-6-7-13-11(8-12)9-15(18)17-13/h6-8,14H,9-10H2,1-5H3,(H,17,18). The van der Waals surface area contributed by atoms with Crippen LogP contribution in [-0.4, -0.2) is 35.2 Å². The average molecular weight is 355 g/mol. The Balaban J connectivity index is 2.27. The van der Waals surface area contributed by atoms with Crippen LogP contribution in [0.1, 0.15) is 26.3 Å². The van der Waals surface area contributed by atoms with Gasteiger partial charge in [-0.15, -0.1) is 0 Å². The molecule has 1 radical (unpaired) electrons. The Morgan fingerprint density at radius 3 is 2.52 bits per heavy atom. The fourth-order valence-corrected chi connectivity index (χ4v) is 5.32. The highest BCUT2D eigenvalue weighted by molar-refractivity contribution is 7.91. The van der Waals surface area contributed by atoms with Crippen molar-refractivity contribution in [3.8, 4) is 0 Å². The van der Waals surface area contributed by atoms with Crippen LogP contribution in [0, 0.1) is 5.41 Å². The van der Waals surface area contributed by atoms with Crippen molar-refractivity contribution in [1.82, 2.24) is 0 Å². The maximum absolute atomic E-state index is 12.8. The van der Waals surface area contributed by atoms with Crippen molar-refractivity contribution in [2.45, 2.75) is 51.3 Å². The van der Waals surface area contributed by atoms with Gasteiger partial charge in [-0.3, -0.25) is 4.79 Å². The van der Waals surface area contributed by atoms with Gasteiger partial charge in [0.05, 0.1) is 23.2 Å². The van der Waals surface area contributed by atoms with Crippen LogP contribution >= 0.6 is 0 Å². The number of nitrogens with one attached hydrogen (secondary N) is 1. The molecule has 0 fully saturated rings. The van der Waals surface area contributed by atoms with Crippen molar-refractivity contribution in [1.29, 1.82) is 0 Å². The Kier molecular flexibility index (Phi) is 5.03. The molecule has 0 saturated heterocycles. The van der Waals surface area contributed by atoms with Gasteiger partial charge >= 0.3 is 0 Å². The highest BCUT2D eigenvalue weighted by atomic mass is 32.2. The van der Waals surface area contributed by atoms with E-state index in [2.05, 4.69) is 5.32 Å². The summed E-state index contributed by atoms with van der Waals surface area (Å²) in [4.78, 5) is 11.7. The lowest BCUT2D eigenvalue weighted by atomic mass is 9.90. The zero-order valence-electron chi connectivity index (χ0n) is 14.3. The molecule has 0 saturated carbocycles. The van der Waals surface area contributed by atoms with Crippen molar-refractivity contribution >= 4 is 30.5 Å². The summed E-state index contributed by atoms with van der Waals surface area (Å²) in [5.41, 5.74) is 1.17. The smallest absolute Gasteiger partial charge is 0.228 e. The van der Waals surface area contributed by atoms with Crippen molar-refractivity contribution in [3.63, 3.8) is 0 Å². The minimum atomic E-state index is -3.48. The Bertz CT molecular complexity index is 707. The van der Waals surface area contributed by atoms with Crippen molar-refractivity contribution in [3.05, 3.63) is 23.8 Å². The molecular formula is C16H24NO4SSi. The third-order valence-corrected chi connectivity index (χ3v) is 6.25. The van der Waals surface area contributed by atoms with Crippen LogP contribution in [0.2, 0.25) is 13.1 Å². The van der Waals surface area contributed by atoms with E-state index in [9.17, 15) is 13.2 Å². The van der Waals surface area contributed by atoms with Crippen LogP contribution in [0.3, 0.4) is 0 Å². The van der Waals surface area contributed by atoms with Crippen molar-refractivity contribution in [2.75, 3.05) is 11.1 Å². The van der Waals surface area contributed by atoms with E-state index in [1.807, 2.05) is 33.9 Å². The van der Waals surface area contributed by atoms with Gasteiger partial charge in [-0.25, -0.2) is 8.42 Å². The summed E-state index contributed by atoms with van der Waals surface area (Å²) in [5, 5.41) is 2.71. The number of amides is 1. The quantitative estimate of drug-likeness (QED) is 0.825. The lowest BCUT2D eigenvalue weighted by Crippen LogP contribution is -2.38. The zero-order chi connectivity index (χ0) is 17.4. The van der Waals surface area contributed by atoms with Crippen LogP contribution in [-0.2, 0) is 25.5 Å². The highest BCUT2D eigenvalue weighted by Gasteiger charge is 2.32. The molecule has 5 nitrogen and oxygen atoms in total. The summed E-state index contributed by atoms with van der Waals surface area (Å²) in [6, 6.07) is 4.82. The molecule has 1 heterocycles. The first-order valence-corrected chi connectivity index (χ1v) is 11.7. The van der Waals surface area contributed by atoms with E-state index in [4.69, 9.17) is 4.43 Å². The summed E-state index contributed by atoms with van der Waals surface area (Å²) in [5.74, 6) is -0.151. The number of fused-ring (bicyclic) bond motifs is 1. The number of sulfone groups is 1. The molecule has 1 aromatic carbocycles. The molecule has 1 atom stereocenters. The summed E-state index contributed by atoms with van der Waals surface area (Å²) < 4.78 is 31.5. The van der Waals surface area contributed by atoms with Crippen molar-refractivity contribution < 1.29 is 17.6 Å². The van der Waals surface area contributed by atoms with E-state index in [0.29, 0.717) is 5.69 Å². The Labute approximate surface area is 140 Å². The number of carbonyl (C=O) groups excluding carboxylic acids is 1. The van der Waals surface area contributed by atoms with Crippen LogP contribution in [0.4, 0.5) is 5.69 Å². The molecule has 0 aliphatic carbocycles. The molecule has 1 N–H and O–H groups in total. The minimum absolute atomic E-state index is 0.0491. The topological polar surface area (TPSA) is 72.5 Å². The molecule has 0 spiro atoms. The SMILES string of the molecule is C[Si](C)OC(CS(=O)(=O)c1ccc2c(c1)CC(=O)N2)C(C)(C)C. The van der Waals surface area contributed by atoms with Gasteiger partial charge in [0.15, 0.2) is 9.84 Å². The van der Waals surface area contributed by atoms with Gasteiger partial charge in [0.25, 0.3) is 0 Å². The maximum atomic E-state index is 12.8. The number of carbonyl (C=O) groups is 1. The first kappa shape index (κ1) is 18.2. The lowest BCUT2D eigenvalue weighted by molar-refractivity contribution is -0.115. The molecule has 23 heavy (non-hydrogen) atoms. The number of hydrogen-bond donors (Lipinski definition) is 1. The number of anilines is 1. The van der Waals surface area contributed by atoms with Crippen LogP contribution < -0.4 is 5.32 Å². The summed E-state index contributed by atoms with van der Waals surface area (Å²) >= 11 is 0. The zero-order valence-corrected chi connectivity index (χ0v) is 16.1. The Hall–Kier alpha value is -1.18. The Morgan fingerprint density at radius 2 is 1.96 bits per heavy atom. The van der Waals surface area contributed by atoms with Gasteiger partial charge in [-0.05, 0) is 42.3 Å². The normalized spacial score (nSPS) is 16.3. The number of hydrogen-bond acceptors (Lipinski definition) is 4. The molecule has 0 bridgehead atoms. The Morgan fingerprint density at radius 1 is 1.30 bits per heavy atom. The second-order valence-electron chi connectivity index (χ2n) is 7.21. The molecular weight excluding hydrogens is 330 g/mol. The number of rotatable bonds is 5. The fourth-order valence-electron chi connectivity index (χ4n) is 2.44. The molecule has 0 aromatic heterocycles.